The van der Waals surface area contributed by atoms with Gasteiger partial charge in [0.25, 0.3) is 11.8 Å². The predicted molar refractivity (Wildman–Crippen MR) is 158 cm³/mol. The number of amides is 2. The fraction of sp³-hybridized carbons (Fsp3) is 0.207. The summed E-state index contributed by atoms with van der Waals surface area (Å²) in [7, 11) is 2.88. The van der Waals surface area contributed by atoms with Gasteiger partial charge in [-0.3, -0.25) is 14.5 Å². The molecule has 6 rings (SSSR count). The van der Waals surface area contributed by atoms with Crippen molar-refractivity contribution >= 4 is 57.3 Å². The number of allylic oxidation sites excluding steroid dienone is 1. The molecular formula is C29H25N5O6S2. The minimum atomic E-state index is -0.913. The number of benzene rings is 2. The van der Waals surface area contributed by atoms with Crippen LogP contribution in [-0.4, -0.2) is 64.3 Å². The molecule has 214 valence electrons. The Morgan fingerprint density at radius 3 is 2.55 bits per heavy atom. The number of nitrogen functional groups attached to an aromatic ring is 1. The molecule has 3 N–H and O–H groups in total. The molecule has 0 spiro atoms. The minimum Gasteiger partial charge on any atom is -0.497 e. The monoisotopic (exact) mass is 603 g/mol. The van der Waals surface area contributed by atoms with Crippen LogP contribution in [0.3, 0.4) is 0 Å². The van der Waals surface area contributed by atoms with Crippen LogP contribution in [0.1, 0.15) is 16.8 Å². The second-order valence-electron chi connectivity index (χ2n) is 9.45. The first-order valence-corrected chi connectivity index (χ1v) is 14.6. The van der Waals surface area contributed by atoms with Gasteiger partial charge in [-0.2, -0.15) is 0 Å². The van der Waals surface area contributed by atoms with Crippen molar-refractivity contribution in [1.82, 2.24) is 15.2 Å². The van der Waals surface area contributed by atoms with Gasteiger partial charge in [0.1, 0.15) is 42.3 Å². The number of fused-ring (bicyclic) bond motifs is 2. The fourth-order valence-corrected chi connectivity index (χ4v) is 7.08. The van der Waals surface area contributed by atoms with Crippen LogP contribution in [0.4, 0.5) is 5.13 Å². The summed E-state index contributed by atoms with van der Waals surface area (Å²) in [5.41, 5.74) is 9.57. The first kappa shape index (κ1) is 27.5. The molecule has 2 amide bonds. The lowest BCUT2D eigenvalue weighted by Crippen LogP contribution is -2.72. The Kier molecular flexibility index (Phi) is 7.43. The molecule has 3 aromatic rings. The summed E-state index contributed by atoms with van der Waals surface area (Å²) < 4.78 is 10.9. The smallest absolute Gasteiger partial charge is 0.355 e. The lowest BCUT2D eigenvalue weighted by molar-refractivity contribution is -0.153. The van der Waals surface area contributed by atoms with Gasteiger partial charge in [-0.05, 0) is 34.9 Å². The van der Waals surface area contributed by atoms with E-state index in [-0.39, 0.29) is 34.1 Å². The molecule has 0 unspecified atom stereocenters. The maximum Gasteiger partial charge on any atom is 0.355 e. The SMILES string of the molecule is CO/N=C(\C(=O)N[C@@H]1C(=O)N2C(C(=O)OCc3ccc(OC)cc3)=C3C=C(c4ccccc4)[C@H]3S[C@H]12)c1csc(N)n1. The van der Waals surface area contributed by atoms with Crippen molar-refractivity contribution in [2.24, 2.45) is 5.16 Å². The number of thioether (sulfide) groups is 1. The Bertz CT molecular complexity index is 1650. The Hall–Kier alpha value is -4.62. The second kappa shape index (κ2) is 11.3. The van der Waals surface area contributed by atoms with Crippen LogP contribution in [0.15, 0.2) is 82.5 Å². The van der Waals surface area contributed by atoms with Crippen molar-refractivity contribution in [3.63, 3.8) is 0 Å². The molecule has 3 heterocycles. The Morgan fingerprint density at radius 1 is 1.12 bits per heavy atom. The summed E-state index contributed by atoms with van der Waals surface area (Å²) in [6.07, 6.45) is 1.92. The van der Waals surface area contributed by atoms with Gasteiger partial charge in [0.15, 0.2) is 10.8 Å². The van der Waals surface area contributed by atoms with E-state index >= 15 is 0 Å². The summed E-state index contributed by atoms with van der Waals surface area (Å²) in [5.74, 6) is -1.00. The maximum atomic E-state index is 13.5. The highest BCUT2D eigenvalue weighted by Crippen LogP contribution is 2.54. The van der Waals surface area contributed by atoms with Crippen molar-refractivity contribution in [2.45, 2.75) is 23.3 Å². The molecule has 0 saturated carbocycles. The molecule has 1 aliphatic carbocycles. The molecule has 3 aliphatic rings. The van der Waals surface area contributed by atoms with Crippen LogP contribution in [-0.2, 0) is 30.6 Å². The molecule has 0 radical (unpaired) electrons. The number of nitrogens with zero attached hydrogens (tertiary/aromatic N) is 3. The number of oxime groups is 1. The number of nitrogens with one attached hydrogen (secondary N) is 1. The number of ether oxygens (including phenoxy) is 2. The van der Waals surface area contributed by atoms with Crippen LogP contribution >= 0.6 is 23.1 Å². The summed E-state index contributed by atoms with van der Waals surface area (Å²) in [6.45, 7) is 0.0210. The van der Waals surface area contributed by atoms with Crippen LogP contribution < -0.4 is 15.8 Å². The van der Waals surface area contributed by atoms with E-state index in [1.807, 2.05) is 36.4 Å². The zero-order valence-corrected chi connectivity index (χ0v) is 24.1. The number of β-lactam (4-membered cyclic amide) rings is 1. The van der Waals surface area contributed by atoms with Gasteiger partial charge in [-0.15, -0.1) is 23.1 Å². The van der Waals surface area contributed by atoms with Crippen molar-refractivity contribution in [3.05, 3.63) is 94.1 Å². The van der Waals surface area contributed by atoms with E-state index in [0.717, 1.165) is 28.0 Å². The number of thiazole rings is 1. The largest absolute Gasteiger partial charge is 0.497 e. The fourth-order valence-electron chi connectivity index (χ4n) is 4.90. The summed E-state index contributed by atoms with van der Waals surface area (Å²) in [4.78, 5) is 50.5. The lowest BCUT2D eigenvalue weighted by Gasteiger charge is -2.53. The van der Waals surface area contributed by atoms with Crippen LogP contribution in [0.2, 0.25) is 0 Å². The molecule has 42 heavy (non-hydrogen) atoms. The van der Waals surface area contributed by atoms with Crippen molar-refractivity contribution < 1.29 is 28.7 Å². The van der Waals surface area contributed by atoms with Gasteiger partial charge in [0.05, 0.1) is 12.4 Å². The van der Waals surface area contributed by atoms with Gasteiger partial charge in [0.2, 0.25) is 0 Å². The molecule has 1 aromatic heterocycles. The average Bonchev–Trinajstić information content (AvgIpc) is 3.43. The third-order valence-corrected chi connectivity index (χ3v) is 9.20. The zero-order chi connectivity index (χ0) is 29.4. The molecule has 2 aliphatic heterocycles. The molecule has 1 saturated heterocycles. The third kappa shape index (κ3) is 4.90. The Balaban J connectivity index is 1.26. The number of rotatable bonds is 9. The van der Waals surface area contributed by atoms with Gasteiger partial charge >= 0.3 is 5.97 Å². The predicted octanol–water partition coefficient (Wildman–Crippen LogP) is 2.95. The number of nitrogens with two attached hydrogens (primary N) is 1. The van der Waals surface area contributed by atoms with Crippen LogP contribution in [0.5, 0.6) is 5.75 Å². The summed E-state index contributed by atoms with van der Waals surface area (Å²) in [5, 5.41) is 7.67. The van der Waals surface area contributed by atoms with Crippen LogP contribution in [0.25, 0.3) is 5.57 Å². The first-order valence-electron chi connectivity index (χ1n) is 12.8. The highest BCUT2D eigenvalue weighted by molar-refractivity contribution is 8.01. The molecule has 2 aromatic carbocycles. The highest BCUT2D eigenvalue weighted by atomic mass is 32.2. The molecule has 1 fully saturated rings. The number of hydrogen-bond donors (Lipinski definition) is 2. The maximum absolute atomic E-state index is 13.5. The number of anilines is 1. The van der Waals surface area contributed by atoms with Crippen molar-refractivity contribution in [2.75, 3.05) is 20.0 Å². The van der Waals surface area contributed by atoms with Crippen molar-refractivity contribution in [3.8, 4) is 5.75 Å². The zero-order valence-electron chi connectivity index (χ0n) is 22.5. The van der Waals surface area contributed by atoms with Gasteiger partial charge < -0.3 is 25.4 Å². The minimum absolute atomic E-state index is 0.0210. The standard InChI is InChI=1S/C29H25N5O6S2/c1-38-17-10-8-15(9-11-17)13-40-28(37)23-19-12-18(16-6-4-3-5-7-16)24(19)42-27-22(26(36)34(23)27)32-25(35)21(33-39-2)20-14-41-29(30)31-20/h3-12,14,22,24,27H,13H2,1-2H3,(H2,30,31)(H,32,35)/b33-21-/t22-,24-,27-/m1/s1. The van der Waals surface area contributed by atoms with E-state index in [1.165, 1.54) is 23.8 Å². The van der Waals surface area contributed by atoms with E-state index < -0.39 is 29.2 Å². The van der Waals surface area contributed by atoms with E-state index in [9.17, 15) is 14.4 Å². The van der Waals surface area contributed by atoms with E-state index in [0.29, 0.717) is 11.3 Å². The molecule has 0 bridgehead atoms. The highest BCUT2D eigenvalue weighted by Gasteiger charge is 2.58. The summed E-state index contributed by atoms with van der Waals surface area (Å²) >= 11 is 2.64. The van der Waals surface area contributed by atoms with Crippen LogP contribution in [0, 0.1) is 0 Å². The number of aromatic nitrogens is 1. The number of carbonyl (C=O) groups is 3. The number of esters is 1. The van der Waals surface area contributed by atoms with Gasteiger partial charge in [0, 0.05) is 11.0 Å². The van der Waals surface area contributed by atoms with E-state index in [4.69, 9.17) is 20.0 Å². The first-order chi connectivity index (χ1) is 20.4. The molecule has 11 nitrogen and oxygen atoms in total. The van der Waals surface area contributed by atoms with E-state index in [2.05, 4.69) is 15.5 Å². The van der Waals surface area contributed by atoms with Crippen molar-refractivity contribution in [1.29, 1.82) is 0 Å². The normalized spacial score (nSPS) is 20.9. The number of carbonyl (C=O) groups excluding carboxylic acids is 3. The van der Waals surface area contributed by atoms with Gasteiger partial charge in [-0.25, -0.2) is 9.78 Å². The molecule has 13 heteroatoms. The van der Waals surface area contributed by atoms with E-state index in [1.54, 1.807) is 36.8 Å². The third-order valence-electron chi connectivity index (χ3n) is 6.99. The second-order valence-corrected chi connectivity index (χ2v) is 11.6. The molecular weight excluding hydrogens is 578 g/mol. The Labute approximate surface area is 249 Å². The summed E-state index contributed by atoms with van der Waals surface area (Å²) in [6, 6.07) is 16.1. The van der Waals surface area contributed by atoms with Gasteiger partial charge in [-0.1, -0.05) is 47.6 Å². The number of hydrogen-bond acceptors (Lipinski definition) is 11. The Morgan fingerprint density at radius 2 is 1.88 bits per heavy atom. The number of methoxy groups -OCH3 is 1. The lowest BCUT2D eigenvalue weighted by atomic mass is 9.84. The quantitative estimate of drug-likeness (QED) is 0.163. The topological polar surface area (TPSA) is 145 Å². The molecule has 3 atom stereocenters. The average molecular weight is 604 g/mol.